The third-order valence-electron chi connectivity index (χ3n) is 3.83. The maximum absolute atomic E-state index is 5.46. The van der Waals surface area contributed by atoms with Crippen LogP contribution in [-0.2, 0) is 17.8 Å². The topological polar surface area (TPSA) is 24.5 Å². The summed E-state index contributed by atoms with van der Waals surface area (Å²) in [5.41, 5.74) is 2.77. The molecule has 1 fully saturated rings. The molecule has 0 aliphatic carbocycles. The van der Waals surface area contributed by atoms with Crippen molar-refractivity contribution in [1.29, 1.82) is 0 Å². The van der Waals surface area contributed by atoms with Crippen LogP contribution < -0.4 is 5.32 Å². The predicted octanol–water partition coefficient (Wildman–Crippen LogP) is 2.65. The van der Waals surface area contributed by atoms with Crippen LogP contribution in [0.5, 0.6) is 0 Å². The van der Waals surface area contributed by atoms with E-state index < -0.39 is 0 Å². The van der Waals surface area contributed by atoms with Crippen molar-refractivity contribution in [1.82, 2.24) is 10.2 Å². The Bertz CT molecular complexity index is 400. The highest BCUT2D eigenvalue weighted by Gasteiger charge is 2.20. The van der Waals surface area contributed by atoms with E-state index in [0.29, 0.717) is 12.0 Å². The van der Waals surface area contributed by atoms with Gasteiger partial charge in [0.25, 0.3) is 0 Å². The van der Waals surface area contributed by atoms with E-state index >= 15 is 0 Å². The number of likely N-dealkylation sites (N-methyl/N-ethyl adjacent to an activating group) is 1. The summed E-state index contributed by atoms with van der Waals surface area (Å²) in [7, 11) is 2.20. The molecule has 3 heteroatoms. The van der Waals surface area contributed by atoms with E-state index in [1.165, 1.54) is 11.1 Å². The Balaban J connectivity index is 1.85. The number of rotatable bonds is 7. The van der Waals surface area contributed by atoms with E-state index in [-0.39, 0.29) is 0 Å². The molecule has 0 saturated carbocycles. The molecule has 1 atom stereocenters. The van der Waals surface area contributed by atoms with Crippen LogP contribution in [0.3, 0.4) is 0 Å². The summed E-state index contributed by atoms with van der Waals surface area (Å²) in [5, 5.41) is 3.50. The first kappa shape index (κ1) is 15.5. The molecule has 1 aromatic carbocycles. The predicted molar refractivity (Wildman–Crippen MR) is 83.7 cm³/mol. The largest absolute Gasteiger partial charge is 0.380 e. The van der Waals surface area contributed by atoms with Crippen molar-refractivity contribution in [3.63, 3.8) is 0 Å². The van der Waals surface area contributed by atoms with Gasteiger partial charge in [-0.05, 0) is 37.1 Å². The van der Waals surface area contributed by atoms with E-state index in [1.54, 1.807) is 0 Å². The summed E-state index contributed by atoms with van der Waals surface area (Å²) in [6, 6.07) is 9.49. The van der Waals surface area contributed by atoms with Gasteiger partial charge in [0, 0.05) is 25.7 Å². The fraction of sp³-hybridized carbons (Fsp3) is 0.647. The molecule has 3 nitrogen and oxygen atoms in total. The molecule has 0 aromatic heterocycles. The Morgan fingerprint density at radius 3 is 2.85 bits per heavy atom. The van der Waals surface area contributed by atoms with E-state index in [9.17, 15) is 0 Å². The molecular formula is C17H28N2O. The second kappa shape index (κ2) is 7.77. The van der Waals surface area contributed by atoms with Gasteiger partial charge < -0.3 is 10.1 Å². The second-order valence-electron chi connectivity index (χ2n) is 6.28. The Hall–Kier alpha value is -0.900. The fourth-order valence-electron chi connectivity index (χ4n) is 2.63. The molecular weight excluding hydrogens is 248 g/mol. The zero-order valence-electron chi connectivity index (χ0n) is 13.1. The normalized spacial score (nSPS) is 19.1. The first-order valence-electron chi connectivity index (χ1n) is 7.71. The van der Waals surface area contributed by atoms with Gasteiger partial charge in [-0.2, -0.15) is 0 Å². The van der Waals surface area contributed by atoms with Crippen molar-refractivity contribution in [3.05, 3.63) is 35.4 Å². The van der Waals surface area contributed by atoms with Crippen LogP contribution in [0.1, 0.15) is 31.4 Å². The standard InChI is InChI=1S/C17H28N2O/c1-14(2)10-18-11-15-5-4-6-16(9-15)12-19(3)17-7-8-20-13-17/h4-6,9,14,17-18H,7-8,10-13H2,1-3H3. The van der Waals surface area contributed by atoms with Gasteiger partial charge in [-0.1, -0.05) is 38.1 Å². The van der Waals surface area contributed by atoms with Crippen LogP contribution in [0.15, 0.2) is 24.3 Å². The van der Waals surface area contributed by atoms with Gasteiger partial charge >= 0.3 is 0 Å². The first-order valence-corrected chi connectivity index (χ1v) is 7.71. The molecule has 0 amide bonds. The average molecular weight is 276 g/mol. The summed E-state index contributed by atoms with van der Waals surface area (Å²) in [6.07, 6.45) is 1.16. The minimum absolute atomic E-state index is 0.581. The van der Waals surface area contributed by atoms with Crippen LogP contribution in [0.2, 0.25) is 0 Å². The number of nitrogens with zero attached hydrogens (tertiary/aromatic N) is 1. The molecule has 2 rings (SSSR count). The number of nitrogens with one attached hydrogen (secondary N) is 1. The lowest BCUT2D eigenvalue weighted by Crippen LogP contribution is -2.31. The van der Waals surface area contributed by atoms with Gasteiger partial charge in [0.2, 0.25) is 0 Å². The monoisotopic (exact) mass is 276 g/mol. The van der Waals surface area contributed by atoms with Crippen molar-refractivity contribution in [2.24, 2.45) is 5.92 Å². The third kappa shape index (κ3) is 4.89. The van der Waals surface area contributed by atoms with Crippen LogP contribution >= 0.6 is 0 Å². The van der Waals surface area contributed by atoms with Gasteiger partial charge in [0.1, 0.15) is 0 Å². The van der Waals surface area contributed by atoms with Gasteiger partial charge in [0.05, 0.1) is 6.61 Å². The Morgan fingerprint density at radius 1 is 1.35 bits per heavy atom. The van der Waals surface area contributed by atoms with Crippen molar-refractivity contribution < 1.29 is 4.74 Å². The fourth-order valence-corrected chi connectivity index (χ4v) is 2.63. The summed E-state index contributed by atoms with van der Waals surface area (Å²) in [6.45, 7) is 9.31. The first-order chi connectivity index (χ1) is 9.65. The maximum atomic E-state index is 5.46. The van der Waals surface area contributed by atoms with E-state index in [2.05, 4.69) is 55.4 Å². The number of hydrogen-bond acceptors (Lipinski definition) is 3. The van der Waals surface area contributed by atoms with Gasteiger partial charge in [-0.3, -0.25) is 4.90 Å². The highest BCUT2D eigenvalue weighted by Crippen LogP contribution is 2.15. The Kier molecular flexibility index (Phi) is 6.02. The quantitative estimate of drug-likeness (QED) is 0.828. The summed E-state index contributed by atoms with van der Waals surface area (Å²) in [4.78, 5) is 2.41. The van der Waals surface area contributed by atoms with Crippen molar-refractivity contribution >= 4 is 0 Å². The van der Waals surface area contributed by atoms with Crippen LogP contribution in [-0.4, -0.2) is 37.7 Å². The molecule has 0 bridgehead atoms. The molecule has 1 aliphatic heterocycles. The molecule has 1 N–H and O–H groups in total. The summed E-state index contributed by atoms with van der Waals surface area (Å²) in [5.74, 6) is 0.701. The summed E-state index contributed by atoms with van der Waals surface area (Å²) < 4.78 is 5.46. The second-order valence-corrected chi connectivity index (χ2v) is 6.28. The molecule has 0 radical (unpaired) electrons. The Labute approximate surface area is 123 Å². The molecule has 1 heterocycles. The highest BCUT2D eigenvalue weighted by atomic mass is 16.5. The molecule has 20 heavy (non-hydrogen) atoms. The van der Waals surface area contributed by atoms with Crippen molar-refractivity contribution in [3.8, 4) is 0 Å². The zero-order chi connectivity index (χ0) is 14.4. The van der Waals surface area contributed by atoms with E-state index in [0.717, 1.165) is 39.3 Å². The van der Waals surface area contributed by atoms with Crippen molar-refractivity contribution in [2.75, 3.05) is 26.8 Å². The highest BCUT2D eigenvalue weighted by molar-refractivity contribution is 5.23. The molecule has 1 unspecified atom stereocenters. The number of hydrogen-bond donors (Lipinski definition) is 1. The molecule has 1 aliphatic rings. The lowest BCUT2D eigenvalue weighted by molar-refractivity contribution is 0.156. The average Bonchev–Trinajstić information content (AvgIpc) is 2.92. The maximum Gasteiger partial charge on any atom is 0.0622 e. The van der Waals surface area contributed by atoms with E-state index in [4.69, 9.17) is 4.74 Å². The third-order valence-corrected chi connectivity index (χ3v) is 3.83. The summed E-state index contributed by atoms with van der Waals surface area (Å²) >= 11 is 0. The van der Waals surface area contributed by atoms with Crippen LogP contribution in [0, 0.1) is 5.92 Å². The molecule has 112 valence electrons. The lowest BCUT2D eigenvalue weighted by Gasteiger charge is -2.23. The van der Waals surface area contributed by atoms with Crippen LogP contribution in [0.25, 0.3) is 0 Å². The van der Waals surface area contributed by atoms with Gasteiger partial charge in [0.15, 0.2) is 0 Å². The lowest BCUT2D eigenvalue weighted by atomic mass is 10.1. The SMILES string of the molecule is CC(C)CNCc1cccc(CN(C)C2CCOC2)c1. The number of ether oxygens (including phenoxy) is 1. The molecule has 0 spiro atoms. The minimum atomic E-state index is 0.581. The molecule has 1 saturated heterocycles. The smallest absolute Gasteiger partial charge is 0.0622 e. The van der Waals surface area contributed by atoms with Gasteiger partial charge in [-0.15, -0.1) is 0 Å². The van der Waals surface area contributed by atoms with Crippen LogP contribution in [0.4, 0.5) is 0 Å². The Morgan fingerprint density at radius 2 is 2.15 bits per heavy atom. The van der Waals surface area contributed by atoms with Gasteiger partial charge in [-0.25, -0.2) is 0 Å². The molecule has 1 aromatic rings. The minimum Gasteiger partial charge on any atom is -0.380 e. The number of benzene rings is 1. The van der Waals surface area contributed by atoms with Crippen molar-refractivity contribution in [2.45, 2.75) is 39.4 Å². The van der Waals surface area contributed by atoms with E-state index in [1.807, 2.05) is 0 Å². The zero-order valence-corrected chi connectivity index (χ0v) is 13.1.